The van der Waals surface area contributed by atoms with Crippen LogP contribution in [0.5, 0.6) is 0 Å². The molecule has 0 saturated heterocycles. The van der Waals surface area contributed by atoms with Gasteiger partial charge in [-0.3, -0.25) is 5.10 Å². The molecule has 1 aliphatic carbocycles. The Kier molecular flexibility index (Phi) is 3.00. The zero-order chi connectivity index (χ0) is 13.3. The van der Waals surface area contributed by atoms with E-state index in [0.717, 1.165) is 17.7 Å². The molecular weight excluding hydrogens is 240 g/mol. The minimum absolute atomic E-state index is 0.274. The van der Waals surface area contributed by atoms with Gasteiger partial charge in [-0.05, 0) is 24.7 Å². The minimum atomic E-state index is 0.274. The highest BCUT2D eigenvalue weighted by Gasteiger charge is 2.31. The average molecular weight is 260 g/mol. The fourth-order valence-electron chi connectivity index (χ4n) is 3.04. The van der Waals surface area contributed by atoms with E-state index in [2.05, 4.69) is 32.4 Å². The van der Waals surface area contributed by atoms with Gasteiger partial charge in [-0.1, -0.05) is 19.8 Å². The van der Waals surface area contributed by atoms with Gasteiger partial charge in [0.15, 0.2) is 5.65 Å². The molecular formula is C13H20N6. The second-order valence-electron chi connectivity index (χ2n) is 5.48. The summed E-state index contributed by atoms with van der Waals surface area (Å²) >= 11 is 0. The van der Waals surface area contributed by atoms with Crippen molar-refractivity contribution in [2.75, 3.05) is 17.6 Å². The first kappa shape index (κ1) is 12.2. The molecule has 0 bridgehead atoms. The van der Waals surface area contributed by atoms with Gasteiger partial charge < -0.3 is 11.1 Å². The third-order valence-corrected chi connectivity index (χ3v) is 4.37. The number of hydrogen-bond acceptors (Lipinski definition) is 5. The van der Waals surface area contributed by atoms with E-state index in [1.807, 2.05) is 0 Å². The molecule has 1 saturated carbocycles. The number of nitrogens with zero attached hydrogens (tertiary/aromatic N) is 3. The van der Waals surface area contributed by atoms with Crippen LogP contribution in [0.15, 0.2) is 6.20 Å². The lowest BCUT2D eigenvalue weighted by Gasteiger charge is -2.28. The van der Waals surface area contributed by atoms with Crippen LogP contribution in [0, 0.1) is 5.41 Å². The molecule has 0 radical (unpaired) electrons. The summed E-state index contributed by atoms with van der Waals surface area (Å²) in [6.07, 6.45) is 8.21. The number of nitrogens with one attached hydrogen (secondary N) is 2. The number of hydrogen-bond donors (Lipinski definition) is 3. The summed E-state index contributed by atoms with van der Waals surface area (Å²) < 4.78 is 0. The fourth-order valence-corrected chi connectivity index (χ4v) is 3.04. The topological polar surface area (TPSA) is 92.5 Å². The third-order valence-electron chi connectivity index (χ3n) is 4.37. The lowest BCUT2D eigenvalue weighted by atomic mass is 9.83. The van der Waals surface area contributed by atoms with E-state index in [4.69, 9.17) is 5.73 Å². The summed E-state index contributed by atoms with van der Waals surface area (Å²) in [7, 11) is 0. The number of aromatic nitrogens is 4. The second-order valence-corrected chi connectivity index (χ2v) is 5.48. The minimum Gasteiger partial charge on any atom is -0.369 e. The predicted molar refractivity (Wildman–Crippen MR) is 75.8 cm³/mol. The van der Waals surface area contributed by atoms with Crippen LogP contribution in [0.25, 0.3) is 11.0 Å². The van der Waals surface area contributed by atoms with E-state index in [1.54, 1.807) is 6.20 Å². The van der Waals surface area contributed by atoms with Gasteiger partial charge >= 0.3 is 0 Å². The summed E-state index contributed by atoms with van der Waals surface area (Å²) in [5.41, 5.74) is 6.82. The van der Waals surface area contributed by atoms with Gasteiger partial charge in [0.2, 0.25) is 5.95 Å². The Morgan fingerprint density at radius 2 is 2.16 bits per heavy atom. The van der Waals surface area contributed by atoms with Crippen LogP contribution in [0.2, 0.25) is 0 Å². The molecule has 0 unspecified atom stereocenters. The summed E-state index contributed by atoms with van der Waals surface area (Å²) in [5, 5.41) is 11.2. The SMILES string of the molecule is CCC1(CNc2nc(N)nc3[nH]ncc23)CCCC1. The zero-order valence-corrected chi connectivity index (χ0v) is 11.2. The number of H-pyrrole nitrogens is 1. The van der Waals surface area contributed by atoms with E-state index in [1.165, 1.54) is 32.1 Å². The Balaban J connectivity index is 1.83. The molecule has 19 heavy (non-hydrogen) atoms. The first-order valence-corrected chi connectivity index (χ1v) is 6.93. The number of anilines is 2. The summed E-state index contributed by atoms with van der Waals surface area (Å²) in [6.45, 7) is 3.22. The Morgan fingerprint density at radius 1 is 1.37 bits per heavy atom. The Bertz CT molecular complexity index is 570. The van der Waals surface area contributed by atoms with E-state index in [9.17, 15) is 0 Å². The number of aromatic amines is 1. The van der Waals surface area contributed by atoms with Gasteiger partial charge in [0.05, 0.1) is 11.6 Å². The highest BCUT2D eigenvalue weighted by Crippen LogP contribution is 2.41. The van der Waals surface area contributed by atoms with E-state index in [-0.39, 0.29) is 5.95 Å². The van der Waals surface area contributed by atoms with Crippen molar-refractivity contribution in [1.82, 2.24) is 20.2 Å². The Labute approximate surface area is 112 Å². The molecule has 0 spiro atoms. The van der Waals surface area contributed by atoms with Crippen LogP contribution in [0.1, 0.15) is 39.0 Å². The van der Waals surface area contributed by atoms with Gasteiger partial charge in [0.1, 0.15) is 5.82 Å². The van der Waals surface area contributed by atoms with Crippen LogP contribution in [-0.4, -0.2) is 26.7 Å². The van der Waals surface area contributed by atoms with Gasteiger partial charge in [-0.2, -0.15) is 15.1 Å². The molecule has 0 atom stereocenters. The lowest BCUT2D eigenvalue weighted by molar-refractivity contribution is 0.306. The van der Waals surface area contributed by atoms with Crippen LogP contribution < -0.4 is 11.1 Å². The molecule has 1 aliphatic rings. The van der Waals surface area contributed by atoms with Crippen LogP contribution >= 0.6 is 0 Å². The lowest BCUT2D eigenvalue weighted by Crippen LogP contribution is -2.26. The van der Waals surface area contributed by atoms with Gasteiger partial charge in [0, 0.05) is 6.54 Å². The number of nitrogen functional groups attached to an aromatic ring is 1. The normalized spacial score (nSPS) is 17.9. The molecule has 0 aromatic carbocycles. The highest BCUT2D eigenvalue weighted by atomic mass is 15.2. The van der Waals surface area contributed by atoms with Gasteiger partial charge in [-0.25, -0.2) is 0 Å². The van der Waals surface area contributed by atoms with Crippen molar-refractivity contribution < 1.29 is 0 Å². The first-order chi connectivity index (χ1) is 9.22. The zero-order valence-electron chi connectivity index (χ0n) is 11.2. The standard InChI is InChI=1S/C13H20N6/c1-2-13(5-3-4-6-13)8-15-10-9-7-16-19-11(9)18-12(14)17-10/h7H,2-6,8H2,1H3,(H4,14,15,16,17,18,19). The largest absolute Gasteiger partial charge is 0.369 e. The molecule has 0 aliphatic heterocycles. The van der Waals surface area contributed by atoms with Crippen LogP contribution in [0.4, 0.5) is 11.8 Å². The fraction of sp³-hybridized carbons (Fsp3) is 0.615. The Morgan fingerprint density at radius 3 is 2.89 bits per heavy atom. The predicted octanol–water partition coefficient (Wildman–Crippen LogP) is 2.32. The molecule has 6 heteroatoms. The van der Waals surface area contributed by atoms with Gasteiger partial charge in [0.25, 0.3) is 0 Å². The van der Waals surface area contributed by atoms with Crippen molar-refractivity contribution >= 4 is 22.8 Å². The quantitative estimate of drug-likeness (QED) is 0.784. The van der Waals surface area contributed by atoms with Crippen molar-refractivity contribution in [2.45, 2.75) is 39.0 Å². The summed E-state index contributed by atoms with van der Waals surface area (Å²) in [6, 6.07) is 0. The summed E-state index contributed by atoms with van der Waals surface area (Å²) in [5.74, 6) is 1.06. The third kappa shape index (κ3) is 2.22. The Hall–Kier alpha value is -1.85. The maximum atomic E-state index is 5.72. The molecule has 4 N–H and O–H groups in total. The smallest absolute Gasteiger partial charge is 0.224 e. The van der Waals surface area contributed by atoms with Crippen molar-refractivity contribution in [1.29, 1.82) is 0 Å². The number of nitrogens with two attached hydrogens (primary N) is 1. The molecule has 2 heterocycles. The number of fused-ring (bicyclic) bond motifs is 1. The maximum absolute atomic E-state index is 5.72. The monoisotopic (exact) mass is 260 g/mol. The average Bonchev–Trinajstić information content (AvgIpc) is 3.05. The van der Waals surface area contributed by atoms with Crippen molar-refractivity contribution in [3.8, 4) is 0 Å². The van der Waals surface area contributed by atoms with Crippen molar-refractivity contribution in [3.05, 3.63) is 6.20 Å². The van der Waals surface area contributed by atoms with Crippen molar-refractivity contribution in [2.24, 2.45) is 5.41 Å². The number of rotatable bonds is 4. The second kappa shape index (κ2) is 4.68. The molecule has 102 valence electrons. The maximum Gasteiger partial charge on any atom is 0.224 e. The van der Waals surface area contributed by atoms with E-state index >= 15 is 0 Å². The summed E-state index contributed by atoms with van der Waals surface area (Å²) in [4.78, 5) is 8.42. The molecule has 3 rings (SSSR count). The molecule has 2 aromatic rings. The van der Waals surface area contributed by atoms with E-state index < -0.39 is 0 Å². The molecule has 2 aromatic heterocycles. The molecule has 6 nitrogen and oxygen atoms in total. The first-order valence-electron chi connectivity index (χ1n) is 6.93. The van der Waals surface area contributed by atoms with Crippen LogP contribution in [0.3, 0.4) is 0 Å². The van der Waals surface area contributed by atoms with Crippen molar-refractivity contribution in [3.63, 3.8) is 0 Å². The molecule has 0 amide bonds. The van der Waals surface area contributed by atoms with Crippen LogP contribution in [-0.2, 0) is 0 Å². The van der Waals surface area contributed by atoms with Gasteiger partial charge in [-0.15, -0.1) is 0 Å². The molecule has 1 fully saturated rings. The highest BCUT2D eigenvalue weighted by molar-refractivity contribution is 5.86. The van der Waals surface area contributed by atoms with E-state index in [0.29, 0.717) is 11.1 Å².